The Morgan fingerprint density at radius 2 is 2.00 bits per heavy atom. The van der Waals surface area contributed by atoms with E-state index in [0.29, 0.717) is 0 Å². The van der Waals surface area contributed by atoms with E-state index in [2.05, 4.69) is 0 Å². The van der Waals surface area contributed by atoms with E-state index in [4.69, 9.17) is 5.11 Å². The number of hydrogen-bond donors (Lipinski definition) is 3. The maximum Gasteiger partial charge on any atom is 0.335 e. The molecule has 98 valence electrons. The van der Waals surface area contributed by atoms with E-state index < -0.39 is 36.5 Å². The van der Waals surface area contributed by atoms with Gasteiger partial charge in [0.05, 0.1) is 17.8 Å². The zero-order valence-corrected chi connectivity index (χ0v) is 8.91. The predicted molar refractivity (Wildman–Crippen MR) is 56.4 cm³/mol. The molecule has 8 heteroatoms. The second-order valence-electron chi connectivity index (χ2n) is 3.23. The third-order valence-corrected chi connectivity index (χ3v) is 1.88. The summed E-state index contributed by atoms with van der Waals surface area (Å²) in [5, 5.41) is 12.4. The fourth-order valence-electron chi connectivity index (χ4n) is 1.09. The molecule has 0 bridgehead atoms. The highest BCUT2D eigenvalue weighted by Crippen LogP contribution is 2.16. The number of amides is 2. The molecule has 0 aliphatic rings. The van der Waals surface area contributed by atoms with E-state index in [-0.39, 0.29) is 5.56 Å². The Bertz CT molecular complexity index is 466. The summed E-state index contributed by atoms with van der Waals surface area (Å²) in [7, 11) is 0. The Morgan fingerprint density at radius 1 is 1.33 bits per heavy atom. The van der Waals surface area contributed by atoms with Gasteiger partial charge in [-0.1, -0.05) is 0 Å². The van der Waals surface area contributed by atoms with Gasteiger partial charge in [-0.3, -0.25) is 0 Å². The summed E-state index contributed by atoms with van der Waals surface area (Å²) < 4.78 is 36.8. The molecule has 0 spiro atoms. The van der Waals surface area contributed by atoms with Crippen molar-refractivity contribution >= 4 is 17.7 Å². The van der Waals surface area contributed by atoms with Crippen LogP contribution in [0.4, 0.5) is 23.7 Å². The summed E-state index contributed by atoms with van der Waals surface area (Å²) in [6.07, 6.45) is -2.73. The maximum absolute atomic E-state index is 13.2. The molecule has 0 radical (unpaired) electrons. The smallest absolute Gasteiger partial charge is 0.335 e. The number of halogens is 3. The molecule has 0 aliphatic carbocycles. The second kappa shape index (κ2) is 5.89. The Hall–Kier alpha value is -2.25. The summed E-state index contributed by atoms with van der Waals surface area (Å²) in [5.74, 6) is -2.17. The second-order valence-corrected chi connectivity index (χ2v) is 3.23. The van der Waals surface area contributed by atoms with E-state index in [1.807, 2.05) is 5.32 Å². The first kappa shape index (κ1) is 13.8. The normalized spacial score (nSPS) is 10.2. The van der Waals surface area contributed by atoms with E-state index in [1.165, 1.54) is 0 Å². The number of carbonyl (C=O) groups excluding carboxylic acids is 1. The molecule has 0 fully saturated rings. The van der Waals surface area contributed by atoms with Gasteiger partial charge in [-0.25, -0.2) is 22.8 Å². The minimum absolute atomic E-state index is 0.236. The SMILES string of the molecule is O=C(NCC(F)F)Nc1cc(C(=O)O)ccc1F. The van der Waals surface area contributed by atoms with Gasteiger partial charge >= 0.3 is 12.0 Å². The summed E-state index contributed by atoms with van der Waals surface area (Å²) >= 11 is 0. The minimum atomic E-state index is -2.73. The van der Waals surface area contributed by atoms with Gasteiger partial charge < -0.3 is 15.7 Å². The van der Waals surface area contributed by atoms with Crippen LogP contribution in [0.3, 0.4) is 0 Å². The molecular weight excluding hydrogens is 253 g/mol. The Balaban J connectivity index is 2.74. The number of carboxylic acids is 1. The van der Waals surface area contributed by atoms with Gasteiger partial charge in [-0.15, -0.1) is 0 Å². The first-order valence-electron chi connectivity index (χ1n) is 4.76. The van der Waals surface area contributed by atoms with Crippen LogP contribution >= 0.6 is 0 Å². The zero-order valence-electron chi connectivity index (χ0n) is 8.91. The number of aromatic carboxylic acids is 1. The van der Waals surface area contributed by atoms with Crippen LogP contribution in [0, 0.1) is 5.82 Å². The highest BCUT2D eigenvalue weighted by atomic mass is 19.3. The molecular formula is C10H9F3N2O3. The van der Waals surface area contributed by atoms with E-state index in [9.17, 15) is 22.8 Å². The van der Waals surface area contributed by atoms with Crippen LogP contribution in [-0.4, -0.2) is 30.1 Å². The van der Waals surface area contributed by atoms with Crippen LogP contribution in [0.1, 0.15) is 10.4 Å². The number of benzene rings is 1. The lowest BCUT2D eigenvalue weighted by molar-refractivity contribution is 0.0697. The largest absolute Gasteiger partial charge is 0.478 e. The van der Waals surface area contributed by atoms with Gasteiger partial charge in [0, 0.05) is 0 Å². The Morgan fingerprint density at radius 3 is 2.56 bits per heavy atom. The van der Waals surface area contributed by atoms with Crippen molar-refractivity contribution in [2.75, 3.05) is 11.9 Å². The van der Waals surface area contributed by atoms with Crippen molar-refractivity contribution in [2.45, 2.75) is 6.43 Å². The van der Waals surface area contributed by atoms with E-state index >= 15 is 0 Å². The van der Waals surface area contributed by atoms with Gasteiger partial charge in [0.2, 0.25) is 0 Å². The van der Waals surface area contributed by atoms with Crippen molar-refractivity contribution in [3.63, 3.8) is 0 Å². The van der Waals surface area contributed by atoms with Crippen LogP contribution in [0.15, 0.2) is 18.2 Å². The van der Waals surface area contributed by atoms with Crippen molar-refractivity contribution in [2.24, 2.45) is 0 Å². The fraction of sp³-hybridized carbons (Fsp3) is 0.200. The maximum atomic E-state index is 13.2. The molecule has 1 aromatic rings. The lowest BCUT2D eigenvalue weighted by atomic mass is 10.2. The average Bonchev–Trinajstić information content (AvgIpc) is 2.29. The van der Waals surface area contributed by atoms with Crippen molar-refractivity contribution in [1.82, 2.24) is 5.32 Å². The van der Waals surface area contributed by atoms with Crippen LogP contribution in [0.25, 0.3) is 0 Å². The average molecular weight is 262 g/mol. The molecule has 0 heterocycles. The topological polar surface area (TPSA) is 78.4 Å². The van der Waals surface area contributed by atoms with Crippen molar-refractivity contribution in [1.29, 1.82) is 0 Å². The number of carbonyl (C=O) groups is 2. The van der Waals surface area contributed by atoms with Crippen LogP contribution in [0.2, 0.25) is 0 Å². The molecule has 1 aromatic carbocycles. The molecule has 0 aliphatic heterocycles. The monoisotopic (exact) mass is 262 g/mol. The number of anilines is 1. The Kier molecular flexibility index (Phi) is 4.52. The highest BCUT2D eigenvalue weighted by molar-refractivity contribution is 5.93. The molecule has 0 atom stereocenters. The molecule has 18 heavy (non-hydrogen) atoms. The zero-order chi connectivity index (χ0) is 13.7. The number of hydrogen-bond acceptors (Lipinski definition) is 2. The van der Waals surface area contributed by atoms with Gasteiger partial charge in [-0.2, -0.15) is 0 Å². The van der Waals surface area contributed by atoms with Gasteiger partial charge in [-0.05, 0) is 18.2 Å². The summed E-state index contributed by atoms with van der Waals surface area (Å²) in [5.41, 5.74) is -0.637. The standard InChI is InChI=1S/C10H9F3N2O3/c11-6-2-1-5(9(16)17)3-7(6)15-10(18)14-4-8(12)13/h1-3,8H,4H2,(H,16,17)(H2,14,15,18). The molecule has 1 rings (SSSR count). The Labute approximate surface area is 99.6 Å². The molecule has 0 saturated carbocycles. The lowest BCUT2D eigenvalue weighted by Gasteiger charge is -2.08. The molecule has 5 nitrogen and oxygen atoms in total. The molecule has 0 unspecified atom stereocenters. The number of carboxylic acid groups (broad SMARTS) is 1. The fourth-order valence-corrected chi connectivity index (χ4v) is 1.09. The molecule has 0 saturated heterocycles. The first-order chi connectivity index (χ1) is 8.40. The lowest BCUT2D eigenvalue weighted by Crippen LogP contribution is -2.32. The summed E-state index contributed by atoms with van der Waals surface area (Å²) in [6, 6.07) is 1.71. The summed E-state index contributed by atoms with van der Waals surface area (Å²) in [4.78, 5) is 21.7. The van der Waals surface area contributed by atoms with E-state index in [0.717, 1.165) is 18.2 Å². The number of nitrogens with one attached hydrogen (secondary N) is 2. The van der Waals surface area contributed by atoms with Gasteiger partial charge in [0.25, 0.3) is 6.43 Å². The first-order valence-corrected chi connectivity index (χ1v) is 4.76. The quantitative estimate of drug-likeness (QED) is 0.775. The number of rotatable bonds is 4. The van der Waals surface area contributed by atoms with Crippen LogP contribution in [-0.2, 0) is 0 Å². The van der Waals surface area contributed by atoms with Crippen LogP contribution < -0.4 is 10.6 Å². The van der Waals surface area contributed by atoms with Crippen LogP contribution in [0.5, 0.6) is 0 Å². The highest BCUT2D eigenvalue weighted by Gasteiger charge is 2.12. The minimum Gasteiger partial charge on any atom is -0.478 e. The molecule has 3 N–H and O–H groups in total. The van der Waals surface area contributed by atoms with Gasteiger partial charge in [0.15, 0.2) is 0 Å². The van der Waals surface area contributed by atoms with Crippen molar-refractivity contribution in [3.8, 4) is 0 Å². The third-order valence-electron chi connectivity index (χ3n) is 1.88. The number of urea groups is 1. The molecule has 0 aromatic heterocycles. The number of alkyl halides is 2. The van der Waals surface area contributed by atoms with Crippen molar-refractivity contribution < 1.29 is 27.9 Å². The van der Waals surface area contributed by atoms with Crippen molar-refractivity contribution in [3.05, 3.63) is 29.6 Å². The van der Waals surface area contributed by atoms with Gasteiger partial charge in [0.1, 0.15) is 5.82 Å². The molecule has 2 amide bonds. The predicted octanol–water partition coefficient (Wildman–Crippen LogP) is 1.91. The van der Waals surface area contributed by atoms with E-state index in [1.54, 1.807) is 5.32 Å². The third kappa shape index (κ3) is 3.96. The summed E-state index contributed by atoms with van der Waals surface area (Å²) in [6.45, 7) is -0.883.